The number of nitrogens with zero attached hydrogens (tertiary/aromatic N) is 4. The maximum absolute atomic E-state index is 12.7. The molecule has 2 aromatic heterocycles. The number of amides is 1. The van der Waals surface area contributed by atoms with Crippen LogP contribution in [-0.4, -0.2) is 38.0 Å². The van der Waals surface area contributed by atoms with Gasteiger partial charge >= 0.3 is 0 Å². The van der Waals surface area contributed by atoms with E-state index in [1.165, 1.54) is 17.3 Å². The summed E-state index contributed by atoms with van der Waals surface area (Å²) in [7, 11) is 0. The molecule has 35 heavy (non-hydrogen) atoms. The molecule has 7 nitrogen and oxygen atoms in total. The van der Waals surface area contributed by atoms with Crippen molar-refractivity contribution in [3.8, 4) is 22.8 Å². The van der Waals surface area contributed by atoms with Crippen molar-refractivity contribution >= 4 is 23.4 Å². The molecule has 0 unspecified atom stereocenters. The summed E-state index contributed by atoms with van der Waals surface area (Å²) in [6.45, 7) is 6.92. The summed E-state index contributed by atoms with van der Waals surface area (Å²) < 4.78 is 7.51. The van der Waals surface area contributed by atoms with Gasteiger partial charge in [0.05, 0.1) is 12.4 Å². The van der Waals surface area contributed by atoms with Crippen LogP contribution in [0, 0.1) is 0 Å². The number of hydrogen-bond acceptors (Lipinski definition) is 6. The van der Waals surface area contributed by atoms with E-state index in [1.807, 2.05) is 60.0 Å². The summed E-state index contributed by atoms with van der Waals surface area (Å²) in [5.41, 5.74) is 3.77. The van der Waals surface area contributed by atoms with Crippen molar-refractivity contribution in [3.63, 3.8) is 0 Å². The summed E-state index contributed by atoms with van der Waals surface area (Å²) >= 11 is 1.34. The molecule has 4 aromatic rings. The lowest BCUT2D eigenvalue weighted by Crippen LogP contribution is -2.14. The van der Waals surface area contributed by atoms with Crippen molar-refractivity contribution in [2.45, 2.75) is 38.3 Å². The van der Waals surface area contributed by atoms with Gasteiger partial charge in [-0.15, -0.1) is 10.2 Å². The average Bonchev–Trinajstić information content (AvgIpc) is 3.32. The molecule has 0 saturated carbocycles. The molecule has 0 aliphatic heterocycles. The molecule has 8 heteroatoms. The highest BCUT2D eigenvalue weighted by Gasteiger charge is 2.18. The lowest BCUT2D eigenvalue weighted by molar-refractivity contribution is -0.113. The molecule has 0 bridgehead atoms. The predicted molar refractivity (Wildman–Crippen MR) is 140 cm³/mol. The van der Waals surface area contributed by atoms with Crippen LogP contribution >= 0.6 is 11.8 Å². The van der Waals surface area contributed by atoms with E-state index in [1.54, 1.807) is 12.4 Å². The number of benzene rings is 2. The number of hydrogen-bond donors (Lipinski definition) is 1. The summed E-state index contributed by atoms with van der Waals surface area (Å²) in [5, 5.41) is 12.4. The highest BCUT2D eigenvalue weighted by molar-refractivity contribution is 7.99. The highest BCUT2D eigenvalue weighted by Crippen LogP contribution is 2.29. The maximum atomic E-state index is 12.7. The highest BCUT2D eigenvalue weighted by atomic mass is 32.2. The van der Waals surface area contributed by atoms with Gasteiger partial charge in [-0.3, -0.25) is 14.3 Å². The van der Waals surface area contributed by atoms with Crippen LogP contribution in [0.5, 0.6) is 5.75 Å². The molecule has 1 N–H and O–H groups in total. The second kappa shape index (κ2) is 11.7. The molecule has 180 valence electrons. The Morgan fingerprint density at radius 3 is 2.49 bits per heavy atom. The van der Waals surface area contributed by atoms with E-state index in [0.29, 0.717) is 23.5 Å². The second-order valence-corrected chi connectivity index (χ2v) is 9.02. The molecule has 0 aliphatic rings. The zero-order valence-electron chi connectivity index (χ0n) is 20.1. The minimum atomic E-state index is -0.101. The number of carbonyl (C=O) groups is 1. The zero-order valence-corrected chi connectivity index (χ0v) is 21.0. The Balaban J connectivity index is 1.52. The number of carbonyl (C=O) groups excluding carboxylic acids is 1. The summed E-state index contributed by atoms with van der Waals surface area (Å²) in [5.74, 6) is 2.05. The van der Waals surface area contributed by atoms with Crippen molar-refractivity contribution in [2.24, 2.45) is 0 Å². The second-order valence-electron chi connectivity index (χ2n) is 8.08. The van der Waals surface area contributed by atoms with E-state index in [2.05, 4.69) is 46.5 Å². The third-order valence-electron chi connectivity index (χ3n) is 5.67. The monoisotopic (exact) mass is 487 g/mol. The van der Waals surface area contributed by atoms with E-state index in [4.69, 9.17) is 4.74 Å². The smallest absolute Gasteiger partial charge is 0.234 e. The first-order valence-electron chi connectivity index (χ1n) is 11.7. The van der Waals surface area contributed by atoms with E-state index < -0.39 is 0 Å². The van der Waals surface area contributed by atoms with Crippen molar-refractivity contribution < 1.29 is 9.53 Å². The summed E-state index contributed by atoms with van der Waals surface area (Å²) in [6.07, 6.45) is 4.55. The van der Waals surface area contributed by atoms with Crippen LogP contribution in [0.4, 0.5) is 5.69 Å². The summed E-state index contributed by atoms with van der Waals surface area (Å²) in [4.78, 5) is 16.9. The molecular weight excluding hydrogens is 458 g/mol. The maximum Gasteiger partial charge on any atom is 0.234 e. The molecule has 2 heterocycles. The van der Waals surface area contributed by atoms with Gasteiger partial charge in [0, 0.05) is 29.3 Å². The molecule has 0 spiro atoms. The third-order valence-corrected chi connectivity index (χ3v) is 6.60. The Hall–Kier alpha value is -3.65. The molecule has 0 saturated heterocycles. The van der Waals surface area contributed by atoms with Gasteiger partial charge in [0.25, 0.3) is 0 Å². The Morgan fingerprint density at radius 2 is 1.83 bits per heavy atom. The van der Waals surface area contributed by atoms with E-state index in [-0.39, 0.29) is 11.7 Å². The fourth-order valence-electron chi connectivity index (χ4n) is 3.59. The number of anilines is 1. The lowest BCUT2D eigenvalue weighted by Gasteiger charge is -2.12. The first kappa shape index (κ1) is 24.5. The predicted octanol–water partition coefficient (Wildman–Crippen LogP) is 5.97. The van der Waals surface area contributed by atoms with Crippen LogP contribution in [0.3, 0.4) is 0 Å². The minimum absolute atomic E-state index is 0.101. The number of pyridine rings is 1. The van der Waals surface area contributed by atoms with Crippen LogP contribution in [0.25, 0.3) is 17.1 Å². The number of thioether (sulfide) groups is 1. The number of ether oxygens (including phenoxy) is 1. The Morgan fingerprint density at radius 1 is 1.06 bits per heavy atom. The van der Waals surface area contributed by atoms with Crippen LogP contribution in [0.2, 0.25) is 0 Å². The molecule has 0 radical (unpaired) electrons. The Kier molecular flexibility index (Phi) is 8.15. The lowest BCUT2D eigenvalue weighted by atomic mass is 9.99. The van der Waals surface area contributed by atoms with Crippen molar-refractivity contribution in [1.82, 2.24) is 19.7 Å². The van der Waals surface area contributed by atoms with Crippen LogP contribution in [0.1, 0.15) is 38.7 Å². The van der Waals surface area contributed by atoms with Gasteiger partial charge in [0.1, 0.15) is 5.75 Å². The number of nitrogens with one attached hydrogen (secondary N) is 1. The minimum Gasteiger partial charge on any atom is -0.494 e. The van der Waals surface area contributed by atoms with Gasteiger partial charge in [0.2, 0.25) is 5.91 Å². The molecule has 1 amide bonds. The van der Waals surface area contributed by atoms with Crippen LogP contribution in [-0.2, 0) is 4.79 Å². The topological polar surface area (TPSA) is 81.9 Å². The van der Waals surface area contributed by atoms with Gasteiger partial charge in [-0.05, 0) is 73.4 Å². The zero-order chi connectivity index (χ0) is 24.6. The molecule has 2 aromatic carbocycles. The quantitative estimate of drug-likeness (QED) is 0.278. The molecule has 0 fully saturated rings. The van der Waals surface area contributed by atoms with Crippen molar-refractivity contribution in [1.29, 1.82) is 0 Å². The molecule has 4 rings (SSSR count). The molecular formula is C27H29N5O2S. The number of rotatable bonds is 10. The largest absolute Gasteiger partial charge is 0.494 e. The SMILES string of the molecule is CCOc1ccc(-n2c(SCC(=O)Nc3ccc([C@@H](C)CC)cc3)nnc2-c2cccnc2)cc1. The fraction of sp³-hybridized carbons (Fsp3) is 0.259. The fourth-order valence-corrected chi connectivity index (χ4v) is 4.35. The van der Waals surface area contributed by atoms with Crippen molar-refractivity contribution in [2.75, 3.05) is 17.7 Å². The molecule has 1 atom stereocenters. The Labute approximate surface area is 210 Å². The molecule has 0 aliphatic carbocycles. The van der Waals surface area contributed by atoms with Gasteiger partial charge in [-0.1, -0.05) is 37.7 Å². The van der Waals surface area contributed by atoms with E-state index >= 15 is 0 Å². The third kappa shape index (κ3) is 6.08. The first-order valence-corrected chi connectivity index (χ1v) is 12.7. The van der Waals surface area contributed by atoms with Gasteiger partial charge in [-0.2, -0.15) is 0 Å². The Bertz CT molecular complexity index is 1240. The normalized spacial score (nSPS) is 11.7. The van der Waals surface area contributed by atoms with Crippen molar-refractivity contribution in [3.05, 3.63) is 78.6 Å². The van der Waals surface area contributed by atoms with E-state index in [0.717, 1.165) is 29.1 Å². The van der Waals surface area contributed by atoms with Crippen LogP contribution in [0.15, 0.2) is 78.2 Å². The van der Waals surface area contributed by atoms with Gasteiger partial charge in [-0.25, -0.2) is 0 Å². The summed E-state index contributed by atoms with van der Waals surface area (Å²) in [6, 6.07) is 19.6. The van der Waals surface area contributed by atoms with Crippen LogP contribution < -0.4 is 10.1 Å². The van der Waals surface area contributed by atoms with Gasteiger partial charge < -0.3 is 10.1 Å². The first-order chi connectivity index (χ1) is 17.1. The van der Waals surface area contributed by atoms with E-state index in [9.17, 15) is 4.79 Å². The van der Waals surface area contributed by atoms with Gasteiger partial charge in [0.15, 0.2) is 11.0 Å². The standard InChI is InChI=1S/C27H29N5O2S/c1-4-19(3)20-8-10-22(11-9-20)29-25(33)18-35-27-31-30-26(21-7-6-16-28-17-21)32(27)23-12-14-24(15-13-23)34-5-2/h6-17,19H,4-5,18H2,1-3H3,(H,29,33)/t19-/m0/s1. The number of aromatic nitrogens is 4. The average molecular weight is 488 g/mol.